The summed E-state index contributed by atoms with van der Waals surface area (Å²) in [6.07, 6.45) is 1.84. The fourth-order valence-electron chi connectivity index (χ4n) is 4.54. The highest BCUT2D eigenvalue weighted by molar-refractivity contribution is 14.1. The van der Waals surface area contributed by atoms with Crippen molar-refractivity contribution in [1.82, 2.24) is 4.57 Å². The summed E-state index contributed by atoms with van der Waals surface area (Å²) in [6, 6.07) is 17.3. The lowest BCUT2D eigenvalue weighted by Crippen LogP contribution is -2.39. The molecule has 0 bridgehead atoms. The van der Waals surface area contributed by atoms with Gasteiger partial charge in [-0.1, -0.05) is 53.3 Å². The summed E-state index contributed by atoms with van der Waals surface area (Å²) in [6.45, 7) is 6.06. The largest absolute Gasteiger partial charge is 0.487 e. The van der Waals surface area contributed by atoms with Gasteiger partial charge >= 0.3 is 5.97 Å². The summed E-state index contributed by atoms with van der Waals surface area (Å²) in [5.74, 6) is -0.0397. The number of aryl methyl sites for hydroxylation is 1. The van der Waals surface area contributed by atoms with Gasteiger partial charge in [0.25, 0.3) is 5.56 Å². The molecular weight excluding hydrogens is 769 g/mol. The van der Waals surface area contributed by atoms with Crippen LogP contribution in [0.4, 0.5) is 4.39 Å². The fraction of sp³-hybridized carbons (Fsp3) is 0.194. The van der Waals surface area contributed by atoms with Crippen molar-refractivity contribution >= 4 is 68.6 Å². The first-order valence-corrected chi connectivity index (χ1v) is 15.8. The molecule has 41 heavy (non-hydrogen) atoms. The Hall–Kier alpha value is -2.84. The lowest BCUT2D eigenvalue weighted by atomic mass is 9.95. The molecule has 10 heteroatoms. The van der Waals surface area contributed by atoms with Gasteiger partial charge < -0.3 is 9.47 Å². The number of hydrogen-bond donors (Lipinski definition) is 0. The van der Waals surface area contributed by atoms with Crippen LogP contribution in [-0.2, 0) is 16.1 Å². The maximum atomic E-state index is 13.9. The maximum Gasteiger partial charge on any atom is 0.338 e. The number of rotatable bonds is 7. The number of esters is 1. The van der Waals surface area contributed by atoms with Crippen LogP contribution in [0.15, 0.2) is 81.7 Å². The molecule has 0 fully saturated rings. The van der Waals surface area contributed by atoms with Crippen molar-refractivity contribution < 1.29 is 18.7 Å². The summed E-state index contributed by atoms with van der Waals surface area (Å²) in [5, 5.41) is 0. The molecule has 1 atom stereocenters. The van der Waals surface area contributed by atoms with E-state index < -0.39 is 12.0 Å². The molecule has 0 saturated heterocycles. The zero-order valence-corrected chi connectivity index (χ0v) is 27.5. The number of carbonyl (C=O) groups is 1. The third-order valence-corrected chi connectivity index (χ3v) is 9.11. The highest BCUT2D eigenvalue weighted by atomic mass is 127. The van der Waals surface area contributed by atoms with E-state index in [1.165, 1.54) is 23.5 Å². The number of nitrogens with zero attached hydrogens (tertiary/aromatic N) is 2. The molecule has 0 spiro atoms. The highest BCUT2D eigenvalue weighted by Gasteiger charge is 2.33. The van der Waals surface area contributed by atoms with Gasteiger partial charge in [0.15, 0.2) is 4.80 Å². The van der Waals surface area contributed by atoms with Crippen molar-refractivity contribution in [1.29, 1.82) is 0 Å². The molecule has 2 heterocycles. The summed E-state index contributed by atoms with van der Waals surface area (Å²) >= 11 is 5.72. The van der Waals surface area contributed by atoms with Crippen molar-refractivity contribution in [3.05, 3.63) is 127 Å². The summed E-state index contributed by atoms with van der Waals surface area (Å²) < 4.78 is 28.5. The number of benzene rings is 3. The van der Waals surface area contributed by atoms with E-state index in [1.54, 1.807) is 30.5 Å². The van der Waals surface area contributed by atoms with Crippen LogP contribution in [0.25, 0.3) is 6.08 Å². The number of carbonyl (C=O) groups excluding carboxylic acids is 1. The van der Waals surface area contributed by atoms with Gasteiger partial charge in [0.1, 0.15) is 18.2 Å². The van der Waals surface area contributed by atoms with Crippen LogP contribution >= 0.6 is 56.5 Å². The normalized spacial score (nSPS) is 15.0. The van der Waals surface area contributed by atoms with E-state index in [0.717, 1.165) is 35.1 Å². The Morgan fingerprint density at radius 2 is 1.73 bits per heavy atom. The molecule has 1 aliphatic heterocycles. The van der Waals surface area contributed by atoms with Crippen LogP contribution in [0, 0.1) is 19.9 Å². The van der Waals surface area contributed by atoms with E-state index in [2.05, 4.69) is 50.2 Å². The van der Waals surface area contributed by atoms with Gasteiger partial charge in [-0.25, -0.2) is 14.2 Å². The van der Waals surface area contributed by atoms with Gasteiger partial charge in [0.2, 0.25) is 0 Å². The van der Waals surface area contributed by atoms with Crippen LogP contribution in [0.2, 0.25) is 0 Å². The second-order valence-corrected chi connectivity index (χ2v) is 12.8. The van der Waals surface area contributed by atoms with Crippen molar-refractivity contribution in [2.45, 2.75) is 33.4 Å². The monoisotopic (exact) mass is 794 g/mol. The third-order valence-electron chi connectivity index (χ3n) is 6.52. The van der Waals surface area contributed by atoms with Crippen molar-refractivity contribution in [3.63, 3.8) is 0 Å². The first kappa shape index (κ1) is 29.6. The molecule has 1 aromatic heterocycles. The number of fused-ring (bicyclic) bond motifs is 1. The Morgan fingerprint density at radius 3 is 2.37 bits per heavy atom. The number of hydrogen-bond acceptors (Lipinski definition) is 6. The molecule has 0 N–H and O–H groups in total. The lowest BCUT2D eigenvalue weighted by Gasteiger charge is -2.24. The van der Waals surface area contributed by atoms with E-state index >= 15 is 0 Å². The molecule has 0 unspecified atom stereocenters. The Labute approximate surface area is 267 Å². The predicted octanol–water partition coefficient (Wildman–Crippen LogP) is 6.03. The van der Waals surface area contributed by atoms with Crippen LogP contribution in [0.1, 0.15) is 42.1 Å². The third kappa shape index (κ3) is 6.33. The average Bonchev–Trinajstić information content (AvgIpc) is 3.23. The summed E-state index contributed by atoms with van der Waals surface area (Å²) in [7, 11) is 0. The van der Waals surface area contributed by atoms with Crippen LogP contribution < -0.4 is 19.6 Å². The zero-order chi connectivity index (χ0) is 29.3. The van der Waals surface area contributed by atoms with Crippen LogP contribution in [0.3, 0.4) is 0 Å². The number of halogens is 3. The van der Waals surface area contributed by atoms with Crippen molar-refractivity contribution in [2.75, 3.05) is 6.61 Å². The molecule has 1 aliphatic rings. The van der Waals surface area contributed by atoms with Crippen molar-refractivity contribution in [2.24, 2.45) is 4.99 Å². The number of ether oxygens (including phenoxy) is 2. The van der Waals surface area contributed by atoms with E-state index in [0.29, 0.717) is 27.2 Å². The van der Waals surface area contributed by atoms with Crippen LogP contribution in [-0.4, -0.2) is 17.1 Å². The second-order valence-electron chi connectivity index (χ2n) is 9.44. The van der Waals surface area contributed by atoms with Gasteiger partial charge in [0, 0.05) is 0 Å². The van der Waals surface area contributed by atoms with Gasteiger partial charge in [-0.3, -0.25) is 9.36 Å². The zero-order valence-electron chi connectivity index (χ0n) is 22.4. The molecule has 3 aromatic carbocycles. The minimum Gasteiger partial charge on any atom is -0.487 e. The predicted molar refractivity (Wildman–Crippen MR) is 174 cm³/mol. The maximum absolute atomic E-state index is 13.9. The minimum atomic E-state index is -0.643. The summed E-state index contributed by atoms with van der Waals surface area (Å²) in [5.41, 5.74) is 4.27. The topological polar surface area (TPSA) is 69.9 Å². The average molecular weight is 794 g/mol. The lowest BCUT2D eigenvalue weighted by molar-refractivity contribution is -0.139. The molecule has 6 nitrogen and oxygen atoms in total. The second kappa shape index (κ2) is 12.6. The minimum absolute atomic E-state index is 0.224. The molecule has 0 radical (unpaired) electrons. The highest BCUT2D eigenvalue weighted by Crippen LogP contribution is 2.32. The smallest absolute Gasteiger partial charge is 0.338 e. The Kier molecular flexibility index (Phi) is 9.09. The summed E-state index contributed by atoms with van der Waals surface area (Å²) in [4.78, 5) is 32.1. The van der Waals surface area contributed by atoms with Crippen LogP contribution in [0.5, 0.6) is 5.75 Å². The standard InChI is InChI=1S/C31H25FI2N2O4S/c1-4-39-30(38)26-18(3)35-31-36(27(26)21-9-5-17(2)6-10-21)29(37)25(41-31)15-20-13-23(33)28(24(34)14-20)40-16-19-7-11-22(32)12-8-19/h5-15,27H,4,16H2,1-3H3/b25-15+/t27-/m0/s1. The van der Waals surface area contributed by atoms with Gasteiger partial charge in [0.05, 0.1) is 35.6 Å². The van der Waals surface area contributed by atoms with E-state index in [9.17, 15) is 14.0 Å². The van der Waals surface area contributed by atoms with E-state index in [-0.39, 0.29) is 18.0 Å². The molecule has 0 amide bonds. The van der Waals surface area contributed by atoms with Gasteiger partial charge in [-0.05, 0) is 113 Å². The number of aromatic nitrogens is 1. The molecule has 0 saturated carbocycles. The first-order valence-electron chi connectivity index (χ1n) is 12.8. The SMILES string of the molecule is CCOC(=O)C1=C(C)N=c2s/c(=C/c3cc(I)c(OCc4ccc(F)cc4)c(I)c3)c(=O)n2[C@H]1c1ccc(C)cc1. The molecular formula is C31H25FI2N2O4S. The van der Waals surface area contributed by atoms with Gasteiger partial charge in [-0.15, -0.1) is 0 Å². The Balaban J connectivity index is 1.54. The molecule has 5 rings (SSSR count). The fourth-order valence-corrected chi connectivity index (χ4v) is 7.72. The Bertz CT molecular complexity index is 1820. The van der Waals surface area contributed by atoms with Crippen molar-refractivity contribution in [3.8, 4) is 5.75 Å². The number of thiazole rings is 1. The quantitative estimate of drug-likeness (QED) is 0.169. The number of allylic oxidation sites excluding steroid dienone is 1. The molecule has 0 aliphatic carbocycles. The first-order chi connectivity index (χ1) is 19.7. The molecule has 210 valence electrons. The van der Waals surface area contributed by atoms with Gasteiger partial charge in [-0.2, -0.15) is 0 Å². The van der Waals surface area contributed by atoms with E-state index in [1.807, 2.05) is 49.4 Å². The van der Waals surface area contributed by atoms with E-state index in [4.69, 9.17) is 9.47 Å². The molecule has 4 aromatic rings. The Morgan fingerprint density at radius 1 is 1.07 bits per heavy atom.